The molecule has 0 bridgehead atoms. The minimum Gasteiger partial charge on any atom is -0.481 e. The fourth-order valence-corrected chi connectivity index (χ4v) is 1.34. The van der Waals surface area contributed by atoms with Gasteiger partial charge in [0.05, 0.1) is 6.42 Å². The second kappa shape index (κ2) is 4.89. The zero-order valence-electron chi connectivity index (χ0n) is 8.48. The van der Waals surface area contributed by atoms with Crippen LogP contribution in [0.25, 0.3) is 0 Å². The topological polar surface area (TPSA) is 63.3 Å². The van der Waals surface area contributed by atoms with Gasteiger partial charge in [-0.1, -0.05) is 24.3 Å². The number of rotatable bonds is 4. The second-order valence-electron chi connectivity index (χ2n) is 3.49. The summed E-state index contributed by atoms with van der Waals surface area (Å²) in [5.41, 5.74) is 6.84. The third-order valence-corrected chi connectivity index (χ3v) is 2.19. The molecule has 0 saturated heterocycles. The number of carboxylic acid groups (broad SMARTS) is 1. The molecule has 82 valence electrons. The zero-order chi connectivity index (χ0) is 11.4. The lowest BCUT2D eigenvalue weighted by Gasteiger charge is -2.11. The van der Waals surface area contributed by atoms with Crippen LogP contribution in [0.2, 0.25) is 0 Å². The van der Waals surface area contributed by atoms with Gasteiger partial charge >= 0.3 is 5.97 Å². The van der Waals surface area contributed by atoms with Crippen LogP contribution in [0.3, 0.4) is 0 Å². The molecule has 2 unspecified atom stereocenters. The summed E-state index contributed by atoms with van der Waals surface area (Å²) in [6.07, 6.45) is -1.22. The molecule has 15 heavy (non-hydrogen) atoms. The van der Waals surface area contributed by atoms with Crippen LogP contribution in [0.4, 0.5) is 4.39 Å². The molecule has 0 saturated carbocycles. The molecule has 0 aliphatic rings. The van der Waals surface area contributed by atoms with Gasteiger partial charge in [-0.15, -0.1) is 0 Å². The highest BCUT2D eigenvalue weighted by Gasteiger charge is 2.12. The first kappa shape index (κ1) is 11.7. The van der Waals surface area contributed by atoms with Crippen molar-refractivity contribution in [1.29, 1.82) is 0 Å². The molecule has 1 aromatic carbocycles. The van der Waals surface area contributed by atoms with E-state index in [2.05, 4.69) is 0 Å². The lowest BCUT2D eigenvalue weighted by molar-refractivity contribution is -0.137. The number of benzene rings is 1. The normalized spacial score (nSPS) is 14.6. The highest BCUT2D eigenvalue weighted by atomic mass is 19.1. The predicted octanol–water partition coefficient (Wildman–Crippen LogP) is 2.19. The Morgan fingerprint density at radius 1 is 1.53 bits per heavy atom. The molecule has 0 amide bonds. The zero-order valence-corrected chi connectivity index (χ0v) is 8.48. The summed E-state index contributed by atoms with van der Waals surface area (Å²) in [5.74, 6) is -0.957. The first-order valence-electron chi connectivity index (χ1n) is 4.72. The highest BCUT2D eigenvalue weighted by Crippen LogP contribution is 2.21. The van der Waals surface area contributed by atoms with Gasteiger partial charge in [0.25, 0.3) is 0 Å². The second-order valence-corrected chi connectivity index (χ2v) is 3.49. The van der Waals surface area contributed by atoms with Crippen molar-refractivity contribution in [3.8, 4) is 0 Å². The minimum atomic E-state index is -1.07. The number of hydrogen-bond donors (Lipinski definition) is 2. The summed E-state index contributed by atoms with van der Waals surface area (Å²) in [6.45, 7) is 1.43. The Hall–Kier alpha value is -1.42. The monoisotopic (exact) mass is 211 g/mol. The van der Waals surface area contributed by atoms with E-state index in [1.807, 2.05) is 0 Å². The molecule has 0 aliphatic carbocycles. The SMILES string of the molecule is CC(F)c1cccc(C(N)CC(=O)O)c1. The summed E-state index contributed by atoms with van der Waals surface area (Å²) < 4.78 is 13.0. The van der Waals surface area contributed by atoms with Gasteiger partial charge < -0.3 is 10.8 Å². The van der Waals surface area contributed by atoms with Crippen molar-refractivity contribution in [3.05, 3.63) is 35.4 Å². The van der Waals surface area contributed by atoms with Gasteiger partial charge in [0.15, 0.2) is 0 Å². The van der Waals surface area contributed by atoms with Crippen molar-refractivity contribution in [3.63, 3.8) is 0 Å². The van der Waals surface area contributed by atoms with Gasteiger partial charge in [0.1, 0.15) is 6.17 Å². The Kier molecular flexibility index (Phi) is 3.80. The molecule has 0 heterocycles. The van der Waals surface area contributed by atoms with E-state index in [-0.39, 0.29) is 6.42 Å². The molecule has 1 aromatic rings. The van der Waals surface area contributed by atoms with Crippen molar-refractivity contribution in [2.75, 3.05) is 0 Å². The van der Waals surface area contributed by atoms with Crippen LogP contribution in [0.15, 0.2) is 24.3 Å². The summed E-state index contributed by atoms with van der Waals surface area (Å²) in [6, 6.07) is 6.07. The van der Waals surface area contributed by atoms with Gasteiger partial charge in [0, 0.05) is 6.04 Å². The lowest BCUT2D eigenvalue weighted by atomic mass is 10.0. The fourth-order valence-electron chi connectivity index (χ4n) is 1.34. The third kappa shape index (κ3) is 3.32. The molecule has 4 heteroatoms. The van der Waals surface area contributed by atoms with Crippen molar-refractivity contribution in [2.45, 2.75) is 25.6 Å². The van der Waals surface area contributed by atoms with E-state index in [4.69, 9.17) is 10.8 Å². The third-order valence-electron chi connectivity index (χ3n) is 2.19. The molecule has 0 spiro atoms. The average molecular weight is 211 g/mol. The number of carboxylic acids is 1. The number of nitrogens with two attached hydrogens (primary N) is 1. The largest absolute Gasteiger partial charge is 0.481 e. The number of halogens is 1. The maximum absolute atomic E-state index is 13.0. The summed E-state index contributed by atoms with van der Waals surface area (Å²) in [4.78, 5) is 10.4. The van der Waals surface area contributed by atoms with Gasteiger partial charge in [-0.3, -0.25) is 4.79 Å². The van der Waals surface area contributed by atoms with Crippen LogP contribution in [-0.2, 0) is 4.79 Å². The Morgan fingerprint density at radius 2 is 2.13 bits per heavy atom. The van der Waals surface area contributed by atoms with Crippen LogP contribution >= 0.6 is 0 Å². The molecule has 1 rings (SSSR count). The minimum absolute atomic E-state index is 0.149. The molecule has 3 nitrogen and oxygen atoms in total. The first-order chi connectivity index (χ1) is 7.00. The first-order valence-corrected chi connectivity index (χ1v) is 4.72. The van der Waals surface area contributed by atoms with E-state index in [1.165, 1.54) is 6.92 Å². The van der Waals surface area contributed by atoms with Crippen LogP contribution in [0.1, 0.15) is 36.7 Å². The predicted molar refractivity (Wildman–Crippen MR) is 55.1 cm³/mol. The molecule has 0 aliphatic heterocycles. The van der Waals surface area contributed by atoms with E-state index in [0.717, 1.165) is 0 Å². The van der Waals surface area contributed by atoms with E-state index in [1.54, 1.807) is 24.3 Å². The number of alkyl halides is 1. The number of aliphatic carboxylic acids is 1. The fraction of sp³-hybridized carbons (Fsp3) is 0.364. The Labute approximate surface area is 87.7 Å². The maximum Gasteiger partial charge on any atom is 0.305 e. The van der Waals surface area contributed by atoms with E-state index in [0.29, 0.717) is 11.1 Å². The molecule has 0 aromatic heterocycles. The van der Waals surface area contributed by atoms with Gasteiger partial charge in [0.2, 0.25) is 0 Å². The van der Waals surface area contributed by atoms with Crippen molar-refractivity contribution in [1.82, 2.24) is 0 Å². The van der Waals surface area contributed by atoms with Crippen LogP contribution in [0.5, 0.6) is 0 Å². The van der Waals surface area contributed by atoms with Crippen molar-refractivity contribution in [2.24, 2.45) is 5.73 Å². The average Bonchev–Trinajstić information content (AvgIpc) is 2.17. The molecular formula is C11H14FNO2. The van der Waals surface area contributed by atoms with E-state index >= 15 is 0 Å². The van der Waals surface area contributed by atoms with Crippen molar-refractivity contribution < 1.29 is 14.3 Å². The van der Waals surface area contributed by atoms with Gasteiger partial charge in [-0.2, -0.15) is 0 Å². The molecular weight excluding hydrogens is 197 g/mol. The van der Waals surface area contributed by atoms with Gasteiger partial charge in [-0.25, -0.2) is 4.39 Å². The van der Waals surface area contributed by atoms with Crippen LogP contribution in [-0.4, -0.2) is 11.1 Å². The molecule has 2 atom stereocenters. The number of hydrogen-bond acceptors (Lipinski definition) is 2. The smallest absolute Gasteiger partial charge is 0.305 e. The summed E-state index contributed by atoms with van der Waals surface area (Å²) in [7, 11) is 0. The van der Waals surface area contributed by atoms with E-state index in [9.17, 15) is 9.18 Å². The Morgan fingerprint density at radius 3 is 2.67 bits per heavy atom. The number of carbonyl (C=O) groups is 1. The van der Waals surface area contributed by atoms with Crippen molar-refractivity contribution >= 4 is 5.97 Å². The van der Waals surface area contributed by atoms with Crippen LogP contribution in [0, 0.1) is 0 Å². The standard InChI is InChI=1S/C11H14FNO2/c1-7(12)8-3-2-4-9(5-8)10(13)6-11(14)15/h2-5,7,10H,6,13H2,1H3,(H,14,15). The quantitative estimate of drug-likeness (QED) is 0.802. The van der Waals surface area contributed by atoms with E-state index < -0.39 is 18.2 Å². The highest BCUT2D eigenvalue weighted by molar-refractivity contribution is 5.67. The van der Waals surface area contributed by atoms with Crippen LogP contribution < -0.4 is 5.73 Å². The Balaban J connectivity index is 2.85. The summed E-state index contributed by atoms with van der Waals surface area (Å²) in [5, 5.41) is 8.57. The Bertz CT molecular complexity index is 352. The maximum atomic E-state index is 13.0. The van der Waals surface area contributed by atoms with Gasteiger partial charge in [-0.05, 0) is 18.1 Å². The lowest BCUT2D eigenvalue weighted by Crippen LogP contribution is -2.15. The molecule has 0 radical (unpaired) electrons. The summed E-state index contributed by atoms with van der Waals surface area (Å²) >= 11 is 0. The molecule has 3 N–H and O–H groups in total. The molecule has 0 fully saturated rings.